The van der Waals surface area contributed by atoms with Gasteiger partial charge in [-0.25, -0.2) is 10.4 Å². The minimum atomic E-state index is -0.302. The third-order valence-corrected chi connectivity index (χ3v) is 2.92. The maximum absolute atomic E-state index is 11.8. The number of hydrogen-bond donors (Lipinski definition) is 2. The number of carbonyl (C=O) groups is 2. The molecule has 2 aromatic rings. The molecular formula is C15H16N4O2. The van der Waals surface area contributed by atoms with Crippen molar-refractivity contribution < 1.29 is 9.59 Å². The second-order valence-corrected chi connectivity index (χ2v) is 4.50. The van der Waals surface area contributed by atoms with Crippen LogP contribution in [-0.2, 0) is 4.79 Å². The molecule has 2 N–H and O–H groups in total. The number of H-pyrrole nitrogens is 1. The Balaban J connectivity index is 1.76. The van der Waals surface area contributed by atoms with Gasteiger partial charge in [-0.15, -0.1) is 0 Å². The summed E-state index contributed by atoms with van der Waals surface area (Å²) in [7, 11) is 0. The molecule has 2 rings (SSSR count). The number of benzene rings is 1. The lowest BCUT2D eigenvalue weighted by molar-refractivity contribution is -0.121. The number of amides is 1. The average Bonchev–Trinajstić information content (AvgIpc) is 2.91. The van der Waals surface area contributed by atoms with E-state index in [1.54, 1.807) is 30.6 Å². The van der Waals surface area contributed by atoms with E-state index in [0.29, 0.717) is 11.3 Å². The molecule has 0 aliphatic heterocycles. The van der Waals surface area contributed by atoms with Crippen molar-refractivity contribution in [1.29, 1.82) is 0 Å². The number of aryl methyl sites for hydroxylation is 1. The smallest absolute Gasteiger partial charge is 0.240 e. The second kappa shape index (κ2) is 7.14. The molecule has 108 valence electrons. The number of Topliss-reactive ketones (excluding diaryl/α,β-unsaturated/α-hetero) is 1. The molecule has 0 aliphatic rings. The number of imidazole rings is 1. The van der Waals surface area contributed by atoms with Gasteiger partial charge in [-0.05, 0) is 6.92 Å². The number of ketones is 1. The lowest BCUT2D eigenvalue weighted by Crippen LogP contribution is -2.18. The molecule has 0 saturated heterocycles. The van der Waals surface area contributed by atoms with E-state index >= 15 is 0 Å². The summed E-state index contributed by atoms with van der Waals surface area (Å²) in [6.45, 7) is 1.86. The first kappa shape index (κ1) is 14.6. The van der Waals surface area contributed by atoms with E-state index in [1.165, 1.54) is 6.21 Å². The summed E-state index contributed by atoms with van der Waals surface area (Å²) in [5, 5.41) is 3.81. The fraction of sp³-hybridized carbons (Fsp3) is 0.200. The fourth-order valence-corrected chi connectivity index (χ4v) is 1.72. The van der Waals surface area contributed by atoms with Crippen molar-refractivity contribution in [1.82, 2.24) is 15.4 Å². The van der Waals surface area contributed by atoms with Gasteiger partial charge in [0.15, 0.2) is 5.78 Å². The van der Waals surface area contributed by atoms with Crippen LogP contribution in [0.2, 0.25) is 0 Å². The van der Waals surface area contributed by atoms with Gasteiger partial charge in [0.1, 0.15) is 5.69 Å². The third kappa shape index (κ3) is 4.38. The topological polar surface area (TPSA) is 87.2 Å². The zero-order chi connectivity index (χ0) is 15.1. The highest BCUT2D eigenvalue weighted by Gasteiger charge is 2.08. The lowest BCUT2D eigenvalue weighted by Gasteiger charge is -2.00. The number of nitrogens with one attached hydrogen (secondary N) is 2. The van der Waals surface area contributed by atoms with Crippen molar-refractivity contribution >= 4 is 17.9 Å². The van der Waals surface area contributed by atoms with Crippen LogP contribution in [0.4, 0.5) is 0 Å². The van der Waals surface area contributed by atoms with E-state index in [9.17, 15) is 9.59 Å². The van der Waals surface area contributed by atoms with Gasteiger partial charge in [-0.2, -0.15) is 5.10 Å². The van der Waals surface area contributed by atoms with Crippen molar-refractivity contribution in [2.75, 3.05) is 0 Å². The molecule has 0 atom stereocenters. The van der Waals surface area contributed by atoms with Gasteiger partial charge in [0.25, 0.3) is 0 Å². The van der Waals surface area contributed by atoms with E-state index in [-0.39, 0.29) is 24.5 Å². The quantitative estimate of drug-likeness (QED) is 0.482. The monoisotopic (exact) mass is 284 g/mol. The van der Waals surface area contributed by atoms with Gasteiger partial charge in [0.05, 0.1) is 12.5 Å². The zero-order valence-corrected chi connectivity index (χ0v) is 11.7. The summed E-state index contributed by atoms with van der Waals surface area (Å²) in [6, 6.07) is 8.90. The van der Waals surface area contributed by atoms with E-state index in [2.05, 4.69) is 20.5 Å². The van der Waals surface area contributed by atoms with Gasteiger partial charge < -0.3 is 4.98 Å². The molecular weight excluding hydrogens is 268 g/mol. The van der Waals surface area contributed by atoms with Gasteiger partial charge in [0, 0.05) is 24.1 Å². The average molecular weight is 284 g/mol. The number of carbonyl (C=O) groups excluding carboxylic acids is 2. The van der Waals surface area contributed by atoms with Crippen LogP contribution in [-0.4, -0.2) is 27.9 Å². The van der Waals surface area contributed by atoms with E-state index < -0.39 is 0 Å². The molecule has 0 saturated carbocycles. The van der Waals surface area contributed by atoms with Gasteiger partial charge in [-0.3, -0.25) is 9.59 Å². The lowest BCUT2D eigenvalue weighted by atomic mass is 10.1. The Morgan fingerprint density at radius 2 is 2.05 bits per heavy atom. The summed E-state index contributed by atoms with van der Waals surface area (Å²) in [4.78, 5) is 30.3. The molecule has 0 spiro atoms. The molecule has 6 heteroatoms. The predicted octanol–water partition coefficient (Wildman–Crippen LogP) is 1.83. The summed E-state index contributed by atoms with van der Waals surface area (Å²) < 4.78 is 0. The number of hydrazone groups is 1. The predicted molar refractivity (Wildman–Crippen MR) is 79.1 cm³/mol. The summed E-state index contributed by atoms with van der Waals surface area (Å²) in [6.07, 6.45) is 3.27. The Morgan fingerprint density at radius 3 is 2.71 bits per heavy atom. The molecule has 1 heterocycles. The standard InChI is InChI=1S/C15H16N4O2/c1-11-13(17-10-16-11)9-18-19-15(21)8-7-14(20)12-5-3-2-4-6-12/h2-6,9-10H,7-8H2,1H3,(H,16,17)(H,19,21)/b18-9+. The fourth-order valence-electron chi connectivity index (χ4n) is 1.72. The number of hydrogen-bond acceptors (Lipinski definition) is 4. The third-order valence-electron chi connectivity index (χ3n) is 2.92. The van der Waals surface area contributed by atoms with Crippen LogP contribution >= 0.6 is 0 Å². The number of aromatic amines is 1. The molecule has 21 heavy (non-hydrogen) atoms. The largest absolute Gasteiger partial charge is 0.348 e. The van der Waals surface area contributed by atoms with Crippen LogP contribution in [0.1, 0.15) is 34.6 Å². The first-order valence-corrected chi connectivity index (χ1v) is 6.57. The van der Waals surface area contributed by atoms with Crippen LogP contribution in [0.3, 0.4) is 0 Å². The maximum atomic E-state index is 11.8. The van der Waals surface area contributed by atoms with Gasteiger partial charge >= 0.3 is 0 Å². The van der Waals surface area contributed by atoms with Crippen molar-refractivity contribution in [3.8, 4) is 0 Å². The highest BCUT2D eigenvalue weighted by Crippen LogP contribution is 2.04. The van der Waals surface area contributed by atoms with Crippen LogP contribution < -0.4 is 5.43 Å². The van der Waals surface area contributed by atoms with Crippen molar-refractivity contribution in [2.45, 2.75) is 19.8 Å². The minimum absolute atomic E-state index is 0.0575. The normalized spacial score (nSPS) is 10.7. The molecule has 6 nitrogen and oxygen atoms in total. The second-order valence-electron chi connectivity index (χ2n) is 4.50. The molecule has 0 radical (unpaired) electrons. The first-order chi connectivity index (χ1) is 10.2. The Morgan fingerprint density at radius 1 is 1.29 bits per heavy atom. The van der Waals surface area contributed by atoms with E-state index in [0.717, 1.165) is 5.69 Å². The summed E-state index contributed by atoms with van der Waals surface area (Å²) >= 11 is 0. The molecule has 1 amide bonds. The Bertz CT molecular complexity index is 647. The highest BCUT2D eigenvalue weighted by molar-refractivity contribution is 5.97. The van der Waals surface area contributed by atoms with Gasteiger partial charge in [-0.1, -0.05) is 30.3 Å². The molecule has 0 unspecified atom stereocenters. The summed E-state index contributed by atoms with van der Waals surface area (Å²) in [5.41, 5.74) is 4.52. The molecule has 0 fully saturated rings. The number of nitrogens with zero attached hydrogens (tertiary/aromatic N) is 2. The number of aromatic nitrogens is 2. The van der Waals surface area contributed by atoms with Crippen LogP contribution in [0.15, 0.2) is 41.8 Å². The van der Waals surface area contributed by atoms with E-state index in [1.807, 2.05) is 13.0 Å². The highest BCUT2D eigenvalue weighted by atomic mass is 16.2. The molecule has 1 aromatic carbocycles. The molecule has 0 aliphatic carbocycles. The first-order valence-electron chi connectivity index (χ1n) is 6.57. The summed E-state index contributed by atoms with van der Waals surface area (Å²) in [5.74, 6) is -0.360. The van der Waals surface area contributed by atoms with Crippen LogP contribution in [0, 0.1) is 6.92 Å². The van der Waals surface area contributed by atoms with Crippen LogP contribution in [0.5, 0.6) is 0 Å². The number of rotatable bonds is 6. The van der Waals surface area contributed by atoms with Crippen molar-refractivity contribution in [3.05, 3.63) is 53.6 Å². The Hall–Kier alpha value is -2.76. The maximum Gasteiger partial charge on any atom is 0.240 e. The van der Waals surface area contributed by atoms with Crippen molar-refractivity contribution in [2.24, 2.45) is 5.10 Å². The van der Waals surface area contributed by atoms with Crippen LogP contribution in [0.25, 0.3) is 0 Å². The molecule has 0 bridgehead atoms. The SMILES string of the molecule is Cc1[nH]cnc1/C=N/NC(=O)CCC(=O)c1ccccc1. The minimum Gasteiger partial charge on any atom is -0.348 e. The van der Waals surface area contributed by atoms with Gasteiger partial charge in [0.2, 0.25) is 5.91 Å². The molecule has 1 aromatic heterocycles. The zero-order valence-electron chi connectivity index (χ0n) is 11.7. The van der Waals surface area contributed by atoms with Crippen molar-refractivity contribution in [3.63, 3.8) is 0 Å². The Labute approximate surface area is 122 Å². The Kier molecular flexibility index (Phi) is 4.98. The van der Waals surface area contributed by atoms with E-state index in [4.69, 9.17) is 0 Å².